The molecule has 172 valence electrons. The number of aryl methyl sites for hydroxylation is 2. The van der Waals surface area contributed by atoms with Crippen molar-refractivity contribution in [2.45, 2.75) is 44.6 Å². The lowest BCUT2D eigenvalue weighted by atomic mass is 9.90. The molecule has 0 radical (unpaired) electrons. The van der Waals surface area contributed by atoms with Gasteiger partial charge in [-0.3, -0.25) is 9.69 Å². The number of aromatic nitrogens is 1. The van der Waals surface area contributed by atoms with Gasteiger partial charge in [-0.15, -0.1) is 0 Å². The number of methoxy groups -OCH3 is 1. The van der Waals surface area contributed by atoms with Crippen molar-refractivity contribution >= 4 is 5.91 Å². The summed E-state index contributed by atoms with van der Waals surface area (Å²) in [6.07, 6.45) is 7.11. The van der Waals surface area contributed by atoms with Crippen LogP contribution in [0.3, 0.4) is 0 Å². The summed E-state index contributed by atoms with van der Waals surface area (Å²) < 4.78 is 10.8. The maximum absolute atomic E-state index is 12.9. The highest BCUT2D eigenvalue weighted by Crippen LogP contribution is 2.29. The number of carbonyl (C=O) groups is 1. The predicted octanol–water partition coefficient (Wildman–Crippen LogP) is 4.80. The Labute approximate surface area is 194 Å². The van der Waals surface area contributed by atoms with Crippen LogP contribution in [-0.4, -0.2) is 42.7 Å². The Balaban J connectivity index is 1.28. The quantitative estimate of drug-likeness (QED) is 0.566. The third-order valence-corrected chi connectivity index (χ3v) is 6.91. The van der Waals surface area contributed by atoms with Gasteiger partial charge in [-0.2, -0.15) is 0 Å². The molecule has 33 heavy (non-hydrogen) atoms. The zero-order valence-electron chi connectivity index (χ0n) is 19.2. The van der Waals surface area contributed by atoms with Gasteiger partial charge in [0.15, 0.2) is 11.5 Å². The first-order chi connectivity index (χ1) is 16.2. The van der Waals surface area contributed by atoms with E-state index in [-0.39, 0.29) is 11.9 Å². The van der Waals surface area contributed by atoms with Crippen LogP contribution in [0.4, 0.5) is 0 Å². The highest BCUT2D eigenvalue weighted by Gasteiger charge is 2.25. The first-order valence-corrected chi connectivity index (χ1v) is 12.0. The average molecular weight is 446 g/mol. The first-order valence-electron chi connectivity index (χ1n) is 12.0. The van der Waals surface area contributed by atoms with Crippen molar-refractivity contribution in [3.05, 3.63) is 70.9 Å². The average Bonchev–Trinajstić information content (AvgIpc) is 3.57. The van der Waals surface area contributed by atoms with Gasteiger partial charge in [0.2, 0.25) is 0 Å². The monoisotopic (exact) mass is 445 g/mol. The van der Waals surface area contributed by atoms with E-state index in [0.717, 1.165) is 37.2 Å². The van der Waals surface area contributed by atoms with Gasteiger partial charge in [-0.25, -0.2) is 0 Å². The predicted molar refractivity (Wildman–Crippen MR) is 127 cm³/mol. The topological polar surface area (TPSA) is 67.6 Å². The van der Waals surface area contributed by atoms with Crippen molar-refractivity contribution in [2.24, 2.45) is 0 Å². The number of rotatable bonds is 7. The molecule has 1 saturated heterocycles. The Morgan fingerprint density at radius 2 is 1.79 bits per heavy atom. The van der Waals surface area contributed by atoms with E-state index in [0.29, 0.717) is 18.0 Å². The molecule has 5 rings (SSSR count). The lowest BCUT2D eigenvalue weighted by Gasteiger charge is -2.28. The summed E-state index contributed by atoms with van der Waals surface area (Å²) in [7, 11) is 1.67. The number of hydrogen-bond acceptors (Lipinski definition) is 5. The number of likely N-dealkylation sites (tertiary alicyclic amines) is 1. The molecular weight excluding hydrogens is 414 g/mol. The van der Waals surface area contributed by atoms with E-state index in [2.05, 4.69) is 45.7 Å². The largest absolute Gasteiger partial charge is 0.497 e. The number of hydrogen-bond donors (Lipinski definition) is 1. The molecule has 3 aromatic rings. The molecular formula is C27H31N3O3. The lowest BCUT2D eigenvalue weighted by molar-refractivity contribution is 0.0929. The van der Waals surface area contributed by atoms with Crippen molar-refractivity contribution in [1.29, 1.82) is 0 Å². The summed E-state index contributed by atoms with van der Waals surface area (Å²) in [6, 6.07) is 16.4. The molecule has 2 aliphatic rings. The summed E-state index contributed by atoms with van der Waals surface area (Å²) in [5, 5.41) is 7.14. The first kappa shape index (κ1) is 21.7. The van der Waals surface area contributed by atoms with E-state index in [4.69, 9.17) is 9.26 Å². The molecule has 6 nitrogen and oxygen atoms in total. The van der Waals surface area contributed by atoms with E-state index in [1.165, 1.54) is 42.4 Å². The van der Waals surface area contributed by atoms with Crippen LogP contribution >= 0.6 is 0 Å². The Bertz CT molecular complexity index is 1100. The second kappa shape index (κ2) is 9.79. The van der Waals surface area contributed by atoms with E-state index in [1.807, 2.05) is 12.1 Å². The minimum Gasteiger partial charge on any atom is -0.497 e. The third-order valence-electron chi connectivity index (χ3n) is 6.91. The van der Waals surface area contributed by atoms with E-state index in [9.17, 15) is 4.79 Å². The molecule has 0 spiro atoms. The Morgan fingerprint density at radius 1 is 1.03 bits per heavy atom. The zero-order chi connectivity index (χ0) is 22.6. The second-order valence-corrected chi connectivity index (χ2v) is 9.01. The fourth-order valence-electron chi connectivity index (χ4n) is 5.02. The van der Waals surface area contributed by atoms with Crippen LogP contribution in [0.15, 0.2) is 53.1 Å². The fourth-order valence-corrected chi connectivity index (χ4v) is 5.02. The van der Waals surface area contributed by atoms with Crippen LogP contribution < -0.4 is 10.1 Å². The maximum Gasteiger partial charge on any atom is 0.273 e. The molecule has 2 aromatic carbocycles. The van der Waals surface area contributed by atoms with Crippen LogP contribution in [0.2, 0.25) is 0 Å². The minimum absolute atomic E-state index is 0.120. The van der Waals surface area contributed by atoms with Gasteiger partial charge >= 0.3 is 0 Å². The van der Waals surface area contributed by atoms with E-state index in [1.54, 1.807) is 13.2 Å². The Kier molecular flexibility index (Phi) is 6.44. The van der Waals surface area contributed by atoms with Gasteiger partial charge < -0.3 is 14.6 Å². The molecule has 1 aliphatic carbocycles. The molecule has 0 unspecified atom stereocenters. The molecule has 1 amide bonds. The number of benzene rings is 2. The summed E-state index contributed by atoms with van der Waals surface area (Å²) in [5.74, 6) is 1.26. The molecule has 0 saturated carbocycles. The SMILES string of the molecule is COc1ccc([C@@H](CNC(=O)c2cc(-c3ccc4c(c3)CCCC4)on2)N2CCCC2)cc1. The molecule has 1 aromatic heterocycles. The standard InChI is InChI=1S/C27H31N3O3/c1-32-23-12-10-20(11-13-23)25(30-14-4-5-15-30)18-28-27(31)24-17-26(33-29-24)22-9-8-19-6-2-3-7-21(19)16-22/h8-13,16-17,25H,2-7,14-15,18H2,1H3,(H,28,31)/t25-/m1/s1. The van der Waals surface area contributed by atoms with E-state index < -0.39 is 0 Å². The van der Waals surface area contributed by atoms with Crippen LogP contribution in [0, 0.1) is 0 Å². The minimum atomic E-state index is -0.208. The highest BCUT2D eigenvalue weighted by molar-refractivity contribution is 5.93. The molecule has 1 atom stereocenters. The van der Waals surface area contributed by atoms with Crippen molar-refractivity contribution in [3.63, 3.8) is 0 Å². The zero-order valence-corrected chi connectivity index (χ0v) is 19.2. The number of nitrogens with zero attached hydrogens (tertiary/aromatic N) is 2. The fraction of sp³-hybridized carbons (Fsp3) is 0.407. The number of nitrogens with one attached hydrogen (secondary N) is 1. The summed E-state index contributed by atoms with van der Waals surface area (Å²) >= 11 is 0. The van der Waals surface area contributed by atoms with Crippen LogP contribution in [0.5, 0.6) is 5.75 Å². The van der Waals surface area contributed by atoms with Gasteiger partial charge in [0.05, 0.1) is 13.2 Å². The van der Waals surface area contributed by atoms with Crippen LogP contribution in [-0.2, 0) is 12.8 Å². The number of fused-ring (bicyclic) bond motifs is 1. The van der Waals surface area contributed by atoms with Gasteiger partial charge in [0.25, 0.3) is 5.91 Å². The van der Waals surface area contributed by atoms with Crippen molar-refractivity contribution in [1.82, 2.24) is 15.4 Å². The normalized spacial score (nSPS) is 16.9. The summed E-state index contributed by atoms with van der Waals surface area (Å²) in [4.78, 5) is 15.3. The molecule has 0 bridgehead atoms. The van der Waals surface area contributed by atoms with E-state index >= 15 is 0 Å². The van der Waals surface area contributed by atoms with Crippen molar-refractivity contribution in [3.8, 4) is 17.1 Å². The summed E-state index contributed by atoms with van der Waals surface area (Å²) in [6.45, 7) is 2.60. The summed E-state index contributed by atoms with van der Waals surface area (Å²) in [5.41, 5.74) is 5.28. The molecule has 1 N–H and O–H groups in total. The second-order valence-electron chi connectivity index (χ2n) is 9.01. The number of ether oxygens (including phenoxy) is 1. The van der Waals surface area contributed by atoms with Gasteiger partial charge in [0, 0.05) is 18.2 Å². The molecule has 2 heterocycles. The maximum atomic E-state index is 12.9. The van der Waals surface area contributed by atoms with Crippen LogP contribution in [0.1, 0.15) is 58.9 Å². The van der Waals surface area contributed by atoms with Crippen molar-refractivity contribution in [2.75, 3.05) is 26.7 Å². The number of amides is 1. The third kappa shape index (κ3) is 4.81. The lowest BCUT2D eigenvalue weighted by Crippen LogP contribution is -2.36. The van der Waals surface area contributed by atoms with Gasteiger partial charge in [-0.1, -0.05) is 29.4 Å². The Morgan fingerprint density at radius 3 is 2.55 bits per heavy atom. The van der Waals surface area contributed by atoms with Gasteiger partial charge in [0.1, 0.15) is 5.75 Å². The van der Waals surface area contributed by atoms with Gasteiger partial charge in [-0.05, 0) is 86.5 Å². The van der Waals surface area contributed by atoms with Crippen molar-refractivity contribution < 1.29 is 14.1 Å². The number of carbonyl (C=O) groups excluding carboxylic acids is 1. The molecule has 1 fully saturated rings. The molecule has 6 heteroatoms. The smallest absolute Gasteiger partial charge is 0.273 e. The Hall–Kier alpha value is -3.12. The highest BCUT2D eigenvalue weighted by atomic mass is 16.5. The van der Waals surface area contributed by atoms with Crippen LogP contribution in [0.25, 0.3) is 11.3 Å². The molecule has 1 aliphatic heterocycles.